The zero-order valence-corrected chi connectivity index (χ0v) is 13.7. The van der Waals surface area contributed by atoms with Crippen LogP contribution in [0.25, 0.3) is 6.08 Å². The molecule has 0 bridgehead atoms. The summed E-state index contributed by atoms with van der Waals surface area (Å²) in [4.78, 5) is 12.9. The molecule has 2 rings (SSSR count). The maximum atomic E-state index is 10.6. The van der Waals surface area contributed by atoms with Gasteiger partial charge in [-0.2, -0.15) is 0 Å². The molecule has 0 saturated carbocycles. The summed E-state index contributed by atoms with van der Waals surface area (Å²) in [7, 11) is 1.75. The minimum atomic E-state index is -0.936. The zero-order chi connectivity index (χ0) is 15.2. The summed E-state index contributed by atoms with van der Waals surface area (Å²) in [5.41, 5.74) is 2.03. The van der Waals surface area contributed by atoms with Crippen LogP contribution >= 0.6 is 15.9 Å². The molecule has 0 amide bonds. The normalized spacial score (nSPS) is 19.1. The van der Waals surface area contributed by atoms with Gasteiger partial charge in [-0.25, -0.2) is 4.79 Å². The van der Waals surface area contributed by atoms with Crippen LogP contribution in [0.5, 0.6) is 0 Å². The number of hydrogen-bond acceptors (Lipinski definition) is 3. The van der Waals surface area contributed by atoms with Gasteiger partial charge in [-0.1, -0.05) is 6.07 Å². The van der Waals surface area contributed by atoms with Crippen molar-refractivity contribution < 1.29 is 14.6 Å². The van der Waals surface area contributed by atoms with Crippen LogP contribution < -0.4 is 4.90 Å². The van der Waals surface area contributed by atoms with Crippen molar-refractivity contribution in [2.75, 3.05) is 31.7 Å². The molecular formula is C16H20BrNO3. The number of ether oxygens (including phenoxy) is 1. The highest BCUT2D eigenvalue weighted by atomic mass is 79.9. The summed E-state index contributed by atoms with van der Waals surface area (Å²) in [5, 5.41) is 8.66. The van der Waals surface area contributed by atoms with E-state index in [1.807, 2.05) is 18.2 Å². The van der Waals surface area contributed by atoms with E-state index in [0.717, 1.165) is 41.5 Å². The van der Waals surface area contributed by atoms with Gasteiger partial charge < -0.3 is 14.7 Å². The second-order valence-corrected chi connectivity index (χ2v) is 6.15. The number of hydrogen-bond donors (Lipinski definition) is 1. The number of benzene rings is 1. The summed E-state index contributed by atoms with van der Waals surface area (Å²) >= 11 is 3.59. The fraction of sp³-hybridized carbons (Fsp3) is 0.438. The van der Waals surface area contributed by atoms with Crippen LogP contribution in [0.1, 0.15) is 18.4 Å². The van der Waals surface area contributed by atoms with Crippen LogP contribution in [0.4, 0.5) is 5.69 Å². The Bertz CT molecular complexity index is 528. The fourth-order valence-corrected chi connectivity index (χ4v) is 3.35. The summed E-state index contributed by atoms with van der Waals surface area (Å²) < 4.78 is 6.26. The second kappa shape index (κ2) is 7.61. The highest BCUT2D eigenvalue weighted by Crippen LogP contribution is 2.31. The lowest BCUT2D eigenvalue weighted by molar-refractivity contribution is -0.131. The molecule has 0 spiro atoms. The minimum Gasteiger partial charge on any atom is -0.478 e. The Labute approximate surface area is 133 Å². The van der Waals surface area contributed by atoms with Crippen LogP contribution in [-0.2, 0) is 9.53 Å². The van der Waals surface area contributed by atoms with Crippen molar-refractivity contribution in [3.8, 4) is 0 Å². The Hall–Kier alpha value is -1.33. The molecule has 0 aliphatic carbocycles. The molecule has 1 heterocycles. The third-order valence-electron chi connectivity index (χ3n) is 3.65. The van der Waals surface area contributed by atoms with Crippen molar-refractivity contribution in [3.05, 3.63) is 34.3 Å². The molecule has 0 radical (unpaired) electrons. The molecule has 1 atom stereocenters. The molecule has 1 aliphatic rings. The summed E-state index contributed by atoms with van der Waals surface area (Å²) in [6.07, 6.45) is 5.13. The molecular weight excluding hydrogens is 334 g/mol. The highest BCUT2D eigenvalue weighted by Gasteiger charge is 2.21. The molecule has 5 heteroatoms. The number of aliphatic carboxylic acids is 1. The minimum absolute atomic E-state index is 0.572. The van der Waals surface area contributed by atoms with Crippen molar-refractivity contribution in [3.63, 3.8) is 0 Å². The van der Waals surface area contributed by atoms with Gasteiger partial charge in [0.05, 0.1) is 12.3 Å². The van der Waals surface area contributed by atoms with E-state index >= 15 is 0 Å². The predicted octanol–water partition coefficient (Wildman–Crippen LogP) is 3.41. The Morgan fingerprint density at radius 1 is 1.57 bits per heavy atom. The number of rotatable bonds is 5. The largest absolute Gasteiger partial charge is 0.478 e. The number of piperidine rings is 1. The average molecular weight is 354 g/mol. The van der Waals surface area contributed by atoms with Gasteiger partial charge in [0.2, 0.25) is 0 Å². The lowest BCUT2D eigenvalue weighted by Crippen LogP contribution is -2.37. The van der Waals surface area contributed by atoms with E-state index in [4.69, 9.17) is 9.84 Å². The van der Waals surface area contributed by atoms with E-state index in [0.29, 0.717) is 5.92 Å². The van der Waals surface area contributed by atoms with Gasteiger partial charge in [0.25, 0.3) is 0 Å². The number of halogens is 1. The zero-order valence-electron chi connectivity index (χ0n) is 12.1. The van der Waals surface area contributed by atoms with Gasteiger partial charge in [0.15, 0.2) is 0 Å². The summed E-state index contributed by atoms with van der Waals surface area (Å²) in [6, 6.07) is 5.94. The van der Waals surface area contributed by atoms with E-state index in [1.165, 1.54) is 12.8 Å². The summed E-state index contributed by atoms with van der Waals surface area (Å²) in [5.74, 6) is -0.365. The summed E-state index contributed by atoms with van der Waals surface area (Å²) in [6.45, 7) is 2.84. The van der Waals surface area contributed by atoms with Gasteiger partial charge in [-0.3, -0.25) is 0 Å². The Kier molecular flexibility index (Phi) is 5.82. The number of carboxylic acids is 1. The molecule has 0 aromatic heterocycles. The standard InChI is InChI=1S/C16H20BrNO3/c1-21-11-13-3-2-8-18(10-13)15-6-4-12(9-14(15)17)5-7-16(19)20/h4-7,9,13H,2-3,8,10-11H2,1H3,(H,19,20)/b7-5+. The van der Waals surface area contributed by atoms with Crippen LogP contribution in [-0.4, -0.2) is 37.9 Å². The van der Waals surface area contributed by atoms with Crippen LogP contribution in [0.2, 0.25) is 0 Å². The molecule has 1 unspecified atom stereocenters. The third-order valence-corrected chi connectivity index (χ3v) is 4.29. The highest BCUT2D eigenvalue weighted by molar-refractivity contribution is 9.10. The monoisotopic (exact) mass is 353 g/mol. The van der Waals surface area contributed by atoms with Gasteiger partial charge in [-0.15, -0.1) is 0 Å². The smallest absolute Gasteiger partial charge is 0.328 e. The van der Waals surface area contributed by atoms with Crippen molar-refractivity contribution in [2.24, 2.45) is 5.92 Å². The Morgan fingerprint density at radius 2 is 2.38 bits per heavy atom. The van der Waals surface area contributed by atoms with E-state index in [2.05, 4.69) is 20.8 Å². The number of nitrogens with zero attached hydrogens (tertiary/aromatic N) is 1. The quantitative estimate of drug-likeness (QED) is 0.824. The average Bonchev–Trinajstić information content (AvgIpc) is 2.46. The number of carboxylic acid groups (broad SMARTS) is 1. The first-order valence-electron chi connectivity index (χ1n) is 7.04. The molecule has 1 aromatic rings. The van der Waals surface area contributed by atoms with Crippen molar-refractivity contribution in [1.29, 1.82) is 0 Å². The van der Waals surface area contributed by atoms with E-state index < -0.39 is 5.97 Å². The Balaban J connectivity index is 2.11. The van der Waals surface area contributed by atoms with E-state index in [9.17, 15) is 4.79 Å². The maximum Gasteiger partial charge on any atom is 0.328 e. The third kappa shape index (κ3) is 4.58. The van der Waals surface area contributed by atoms with Crippen LogP contribution in [0.15, 0.2) is 28.7 Å². The van der Waals surface area contributed by atoms with E-state index in [1.54, 1.807) is 13.2 Å². The van der Waals surface area contributed by atoms with Gasteiger partial charge in [0, 0.05) is 30.7 Å². The number of methoxy groups -OCH3 is 1. The lowest BCUT2D eigenvalue weighted by Gasteiger charge is -2.34. The second-order valence-electron chi connectivity index (χ2n) is 5.29. The van der Waals surface area contributed by atoms with Crippen molar-refractivity contribution in [1.82, 2.24) is 0 Å². The Morgan fingerprint density at radius 3 is 3.05 bits per heavy atom. The molecule has 1 aliphatic heterocycles. The number of anilines is 1. The van der Waals surface area contributed by atoms with Gasteiger partial charge in [-0.05, 0) is 58.5 Å². The molecule has 1 N–H and O–H groups in total. The maximum absolute atomic E-state index is 10.6. The molecule has 1 fully saturated rings. The van der Waals surface area contributed by atoms with Crippen molar-refractivity contribution in [2.45, 2.75) is 12.8 Å². The first kappa shape index (κ1) is 16.0. The van der Waals surface area contributed by atoms with Crippen LogP contribution in [0.3, 0.4) is 0 Å². The SMILES string of the molecule is COCC1CCCN(c2ccc(/C=C/C(=O)O)cc2Br)C1. The number of carbonyl (C=O) groups is 1. The molecule has 4 nitrogen and oxygen atoms in total. The molecule has 114 valence electrons. The van der Waals surface area contributed by atoms with Crippen LogP contribution in [0, 0.1) is 5.92 Å². The van der Waals surface area contributed by atoms with Crippen molar-refractivity contribution >= 4 is 33.7 Å². The topological polar surface area (TPSA) is 49.8 Å². The lowest BCUT2D eigenvalue weighted by atomic mass is 9.98. The predicted molar refractivity (Wildman–Crippen MR) is 87.6 cm³/mol. The molecule has 1 saturated heterocycles. The molecule has 1 aromatic carbocycles. The first-order chi connectivity index (χ1) is 10.1. The molecule has 21 heavy (non-hydrogen) atoms. The van der Waals surface area contributed by atoms with E-state index in [-0.39, 0.29) is 0 Å². The fourth-order valence-electron chi connectivity index (χ4n) is 2.71. The van der Waals surface area contributed by atoms with Gasteiger partial charge >= 0.3 is 5.97 Å². The van der Waals surface area contributed by atoms with Gasteiger partial charge in [0.1, 0.15) is 0 Å². The first-order valence-corrected chi connectivity index (χ1v) is 7.84.